The molecule has 1 N–H and O–H groups in total. The third-order valence-electron chi connectivity index (χ3n) is 3.52. The Morgan fingerprint density at radius 2 is 1.94 bits per heavy atom. The van der Waals surface area contributed by atoms with Crippen LogP contribution < -0.4 is 5.32 Å². The fourth-order valence-corrected chi connectivity index (χ4v) is 2.46. The molecule has 0 unspecified atom stereocenters. The molecule has 5 heteroatoms. The van der Waals surface area contributed by atoms with E-state index in [1.165, 1.54) is 32.0 Å². The summed E-state index contributed by atoms with van der Waals surface area (Å²) < 4.78 is 0. The molecule has 1 heterocycles. The van der Waals surface area contributed by atoms with Crippen LogP contribution in [0.1, 0.15) is 36.0 Å². The predicted octanol–water partition coefficient (Wildman–Crippen LogP) is 2.54. The standard InChI is InChI=1S/C12H14ClN3O/c13-11-9(5-17)12(15-6-14-11)16-10(7-1-2-7)8-3-4-8/h5-8,10H,1-4H2,(H,14,15,16). The molecule has 2 fully saturated rings. The quantitative estimate of drug-likeness (QED) is 0.645. The summed E-state index contributed by atoms with van der Waals surface area (Å²) in [6, 6.07) is 0.458. The summed E-state index contributed by atoms with van der Waals surface area (Å²) in [6.07, 6.45) is 7.25. The first-order chi connectivity index (χ1) is 8.29. The van der Waals surface area contributed by atoms with Gasteiger partial charge in [0.2, 0.25) is 0 Å². The van der Waals surface area contributed by atoms with Crippen LogP contribution in [0.4, 0.5) is 5.82 Å². The van der Waals surface area contributed by atoms with Crippen molar-refractivity contribution in [3.05, 3.63) is 17.0 Å². The summed E-state index contributed by atoms with van der Waals surface area (Å²) in [5.41, 5.74) is 0.375. The Kier molecular flexibility index (Phi) is 2.74. The van der Waals surface area contributed by atoms with Gasteiger partial charge in [0.05, 0.1) is 5.56 Å². The molecule has 1 aromatic heterocycles. The molecular weight excluding hydrogens is 238 g/mol. The number of aldehydes is 1. The van der Waals surface area contributed by atoms with E-state index in [2.05, 4.69) is 15.3 Å². The topological polar surface area (TPSA) is 54.9 Å². The van der Waals surface area contributed by atoms with E-state index in [-0.39, 0.29) is 5.15 Å². The van der Waals surface area contributed by atoms with E-state index in [1.807, 2.05) is 0 Å². The number of nitrogens with one attached hydrogen (secondary N) is 1. The summed E-state index contributed by atoms with van der Waals surface area (Å²) in [4.78, 5) is 19.0. The van der Waals surface area contributed by atoms with Crippen LogP contribution in [0, 0.1) is 11.8 Å². The minimum Gasteiger partial charge on any atom is -0.366 e. The van der Waals surface area contributed by atoms with Crippen molar-refractivity contribution in [1.29, 1.82) is 0 Å². The summed E-state index contributed by atoms with van der Waals surface area (Å²) in [7, 11) is 0. The second kappa shape index (κ2) is 4.26. The van der Waals surface area contributed by atoms with E-state index in [1.54, 1.807) is 0 Å². The average molecular weight is 252 g/mol. The Morgan fingerprint density at radius 3 is 2.47 bits per heavy atom. The molecule has 2 saturated carbocycles. The molecule has 0 bridgehead atoms. The maximum absolute atomic E-state index is 11.0. The van der Waals surface area contributed by atoms with Gasteiger partial charge in [0.1, 0.15) is 17.3 Å². The minimum absolute atomic E-state index is 0.225. The number of hydrogen-bond acceptors (Lipinski definition) is 4. The van der Waals surface area contributed by atoms with Crippen LogP contribution in [0.3, 0.4) is 0 Å². The van der Waals surface area contributed by atoms with Crippen LogP contribution in [-0.4, -0.2) is 22.3 Å². The second-order valence-corrected chi connectivity index (χ2v) is 5.25. The molecule has 3 rings (SSSR count). The average Bonchev–Trinajstić information content (AvgIpc) is 3.16. The molecule has 0 aliphatic heterocycles. The lowest BCUT2D eigenvalue weighted by Gasteiger charge is -2.19. The first kappa shape index (κ1) is 11.0. The lowest BCUT2D eigenvalue weighted by Crippen LogP contribution is -2.25. The summed E-state index contributed by atoms with van der Waals surface area (Å²) >= 11 is 5.88. The highest BCUT2D eigenvalue weighted by atomic mass is 35.5. The maximum Gasteiger partial charge on any atom is 0.156 e. The normalized spacial score (nSPS) is 19.4. The minimum atomic E-state index is 0.225. The Bertz CT molecular complexity index is 431. The molecule has 1 aromatic rings. The van der Waals surface area contributed by atoms with E-state index in [9.17, 15) is 4.79 Å². The Hall–Kier alpha value is -1.16. The largest absolute Gasteiger partial charge is 0.366 e. The fraction of sp³-hybridized carbons (Fsp3) is 0.583. The van der Waals surface area contributed by atoms with Gasteiger partial charge in [0.25, 0.3) is 0 Å². The SMILES string of the molecule is O=Cc1c(Cl)ncnc1NC(C1CC1)C1CC1. The van der Waals surface area contributed by atoms with Crippen LogP contribution >= 0.6 is 11.6 Å². The highest BCUT2D eigenvalue weighted by Crippen LogP contribution is 2.45. The number of hydrogen-bond donors (Lipinski definition) is 1. The van der Waals surface area contributed by atoms with Gasteiger partial charge >= 0.3 is 0 Å². The predicted molar refractivity (Wildman–Crippen MR) is 65.3 cm³/mol. The molecule has 0 amide bonds. The van der Waals surface area contributed by atoms with E-state index in [0.29, 0.717) is 17.4 Å². The van der Waals surface area contributed by atoms with Crippen LogP contribution in [-0.2, 0) is 0 Å². The van der Waals surface area contributed by atoms with Crippen molar-refractivity contribution < 1.29 is 4.79 Å². The molecule has 2 aliphatic carbocycles. The zero-order valence-corrected chi connectivity index (χ0v) is 10.2. The molecule has 0 atom stereocenters. The number of halogens is 1. The van der Waals surface area contributed by atoms with Gasteiger partial charge in [0, 0.05) is 6.04 Å². The monoisotopic (exact) mass is 251 g/mol. The highest BCUT2D eigenvalue weighted by Gasteiger charge is 2.41. The molecule has 0 radical (unpaired) electrons. The van der Waals surface area contributed by atoms with Crippen molar-refractivity contribution >= 4 is 23.7 Å². The van der Waals surface area contributed by atoms with Crippen LogP contribution in [0.25, 0.3) is 0 Å². The van der Waals surface area contributed by atoms with E-state index < -0.39 is 0 Å². The van der Waals surface area contributed by atoms with Gasteiger partial charge in [-0.25, -0.2) is 9.97 Å². The van der Waals surface area contributed by atoms with E-state index >= 15 is 0 Å². The van der Waals surface area contributed by atoms with Gasteiger partial charge in [0.15, 0.2) is 6.29 Å². The highest BCUT2D eigenvalue weighted by molar-refractivity contribution is 6.32. The summed E-state index contributed by atoms with van der Waals surface area (Å²) in [6.45, 7) is 0. The van der Waals surface area contributed by atoms with Gasteiger partial charge in [-0.3, -0.25) is 4.79 Å². The fourth-order valence-electron chi connectivity index (χ4n) is 2.28. The Balaban J connectivity index is 1.83. The van der Waals surface area contributed by atoms with Gasteiger partial charge < -0.3 is 5.32 Å². The van der Waals surface area contributed by atoms with Crippen LogP contribution in [0.15, 0.2) is 6.33 Å². The number of nitrogens with zero attached hydrogens (tertiary/aromatic N) is 2. The first-order valence-corrected chi connectivity index (χ1v) is 6.39. The Morgan fingerprint density at radius 1 is 1.29 bits per heavy atom. The second-order valence-electron chi connectivity index (χ2n) is 4.89. The first-order valence-electron chi connectivity index (χ1n) is 6.02. The van der Waals surface area contributed by atoms with Crippen molar-refractivity contribution in [2.75, 3.05) is 5.32 Å². The molecule has 0 saturated heterocycles. The third kappa shape index (κ3) is 2.27. The van der Waals surface area contributed by atoms with Crippen LogP contribution in [0.5, 0.6) is 0 Å². The molecule has 4 nitrogen and oxygen atoms in total. The third-order valence-corrected chi connectivity index (χ3v) is 3.82. The summed E-state index contributed by atoms with van der Waals surface area (Å²) in [5, 5.41) is 3.62. The van der Waals surface area contributed by atoms with Gasteiger partial charge in [-0.2, -0.15) is 0 Å². The number of rotatable bonds is 5. The zero-order valence-electron chi connectivity index (χ0n) is 9.40. The number of anilines is 1. The molecule has 17 heavy (non-hydrogen) atoms. The Labute approximate surface area is 105 Å². The maximum atomic E-state index is 11.0. The van der Waals surface area contributed by atoms with Crippen LogP contribution in [0.2, 0.25) is 5.15 Å². The van der Waals surface area contributed by atoms with Gasteiger partial charge in [-0.15, -0.1) is 0 Å². The number of carbonyl (C=O) groups is 1. The molecule has 2 aliphatic rings. The van der Waals surface area contributed by atoms with Gasteiger partial charge in [-0.1, -0.05) is 11.6 Å². The van der Waals surface area contributed by atoms with Crippen molar-refractivity contribution in [3.63, 3.8) is 0 Å². The van der Waals surface area contributed by atoms with Gasteiger partial charge in [-0.05, 0) is 37.5 Å². The lowest BCUT2D eigenvalue weighted by atomic mass is 10.1. The smallest absolute Gasteiger partial charge is 0.156 e. The molecule has 90 valence electrons. The number of aromatic nitrogens is 2. The van der Waals surface area contributed by atoms with Crippen molar-refractivity contribution in [2.24, 2.45) is 11.8 Å². The number of carbonyl (C=O) groups excluding carboxylic acids is 1. The van der Waals surface area contributed by atoms with Crippen molar-refractivity contribution in [3.8, 4) is 0 Å². The zero-order chi connectivity index (χ0) is 11.8. The van der Waals surface area contributed by atoms with Crippen molar-refractivity contribution in [2.45, 2.75) is 31.7 Å². The van der Waals surface area contributed by atoms with E-state index in [4.69, 9.17) is 11.6 Å². The summed E-state index contributed by atoms with van der Waals surface area (Å²) in [5.74, 6) is 2.08. The lowest BCUT2D eigenvalue weighted by molar-refractivity contribution is 0.112. The van der Waals surface area contributed by atoms with Crippen molar-refractivity contribution in [1.82, 2.24) is 9.97 Å². The molecular formula is C12H14ClN3O. The molecule has 0 spiro atoms. The molecule has 0 aromatic carbocycles. The van der Waals surface area contributed by atoms with E-state index in [0.717, 1.165) is 18.1 Å².